The molecule has 0 bridgehead atoms. The number of ether oxygens (including phenoxy) is 1. The van der Waals surface area contributed by atoms with Crippen LogP contribution in [-0.2, 0) is 0 Å². The van der Waals surface area contributed by atoms with Gasteiger partial charge in [-0.05, 0) is 29.3 Å². The lowest BCUT2D eigenvalue weighted by Gasteiger charge is -2.09. The summed E-state index contributed by atoms with van der Waals surface area (Å²) in [5, 5.41) is 18.1. The average molecular weight is 268 g/mol. The van der Waals surface area contributed by atoms with Crippen molar-refractivity contribution in [3.8, 4) is 5.75 Å². The first-order chi connectivity index (χ1) is 8.63. The van der Waals surface area contributed by atoms with E-state index in [1.165, 1.54) is 6.42 Å². The average Bonchev–Trinajstić information content (AvgIpc) is 2.38. The summed E-state index contributed by atoms with van der Waals surface area (Å²) in [5.74, 6) is 3.55. The fourth-order valence-electron chi connectivity index (χ4n) is 1.39. The highest BCUT2D eigenvalue weighted by Gasteiger charge is 2.10. The van der Waals surface area contributed by atoms with Crippen molar-refractivity contribution in [3.05, 3.63) is 24.3 Å². The van der Waals surface area contributed by atoms with Gasteiger partial charge in [-0.15, -0.1) is 0 Å². The molecular formula is C13H21BO3S. The second-order valence-electron chi connectivity index (χ2n) is 4.38. The van der Waals surface area contributed by atoms with E-state index in [1.54, 1.807) is 18.2 Å². The molecule has 0 fully saturated rings. The first kappa shape index (κ1) is 15.4. The number of thioether (sulfide) groups is 1. The van der Waals surface area contributed by atoms with Gasteiger partial charge in [0.15, 0.2) is 0 Å². The Balaban J connectivity index is 2.25. The van der Waals surface area contributed by atoms with Crippen LogP contribution in [0.2, 0.25) is 0 Å². The van der Waals surface area contributed by atoms with Crippen molar-refractivity contribution >= 4 is 24.3 Å². The molecule has 0 spiro atoms. The normalized spacial score (nSPS) is 12.2. The largest absolute Gasteiger partial charge is 0.493 e. The highest BCUT2D eigenvalue weighted by atomic mass is 32.2. The third-order valence-electron chi connectivity index (χ3n) is 2.75. The third-order valence-corrected chi connectivity index (χ3v) is 4.01. The summed E-state index contributed by atoms with van der Waals surface area (Å²) >= 11 is 1.89. The second-order valence-corrected chi connectivity index (χ2v) is 5.53. The quantitative estimate of drug-likeness (QED) is 0.554. The molecule has 0 radical (unpaired) electrons. The number of hydrogen-bond acceptors (Lipinski definition) is 4. The van der Waals surface area contributed by atoms with Gasteiger partial charge in [0.1, 0.15) is 5.75 Å². The molecule has 0 aliphatic rings. The molecule has 1 unspecified atom stereocenters. The Kier molecular flexibility index (Phi) is 7.24. The zero-order valence-electron chi connectivity index (χ0n) is 11.0. The molecular weight excluding hydrogens is 247 g/mol. The molecule has 1 atom stereocenters. The molecule has 1 aromatic rings. The van der Waals surface area contributed by atoms with E-state index in [1.807, 2.05) is 17.8 Å². The Morgan fingerprint density at radius 1 is 1.39 bits per heavy atom. The summed E-state index contributed by atoms with van der Waals surface area (Å²) in [5.41, 5.74) is 0.458. The van der Waals surface area contributed by atoms with Crippen LogP contribution in [0.25, 0.3) is 0 Å². The van der Waals surface area contributed by atoms with Crippen LogP contribution in [0.4, 0.5) is 0 Å². The molecule has 18 heavy (non-hydrogen) atoms. The van der Waals surface area contributed by atoms with E-state index < -0.39 is 7.12 Å². The summed E-state index contributed by atoms with van der Waals surface area (Å²) in [6, 6.07) is 6.90. The van der Waals surface area contributed by atoms with E-state index in [9.17, 15) is 0 Å². The van der Waals surface area contributed by atoms with Gasteiger partial charge in [-0.3, -0.25) is 0 Å². The maximum absolute atomic E-state index is 9.04. The fraction of sp³-hybridized carbons (Fsp3) is 0.538. The molecule has 2 N–H and O–H groups in total. The van der Waals surface area contributed by atoms with E-state index in [2.05, 4.69) is 13.8 Å². The zero-order valence-corrected chi connectivity index (χ0v) is 11.8. The van der Waals surface area contributed by atoms with Crippen LogP contribution in [0.15, 0.2) is 24.3 Å². The van der Waals surface area contributed by atoms with Gasteiger partial charge in [-0.2, -0.15) is 11.8 Å². The van der Waals surface area contributed by atoms with Crippen molar-refractivity contribution in [2.45, 2.75) is 20.3 Å². The molecule has 3 nitrogen and oxygen atoms in total. The van der Waals surface area contributed by atoms with Gasteiger partial charge in [0, 0.05) is 5.75 Å². The van der Waals surface area contributed by atoms with E-state index in [4.69, 9.17) is 14.8 Å². The molecule has 0 aromatic heterocycles. The minimum atomic E-state index is -1.44. The van der Waals surface area contributed by atoms with Gasteiger partial charge in [0.2, 0.25) is 0 Å². The van der Waals surface area contributed by atoms with Crippen LogP contribution < -0.4 is 10.2 Å². The highest BCUT2D eigenvalue weighted by Crippen LogP contribution is 2.12. The smallest absolute Gasteiger partial charge is 0.488 e. The molecule has 100 valence electrons. The molecule has 1 rings (SSSR count). The van der Waals surface area contributed by atoms with Crippen LogP contribution >= 0.6 is 11.8 Å². The maximum atomic E-state index is 9.04. The van der Waals surface area contributed by atoms with Crippen LogP contribution in [0.5, 0.6) is 5.75 Å². The molecule has 0 amide bonds. The van der Waals surface area contributed by atoms with Crippen LogP contribution in [0.3, 0.4) is 0 Å². The summed E-state index contributed by atoms with van der Waals surface area (Å²) < 4.78 is 5.57. The Morgan fingerprint density at radius 3 is 2.83 bits per heavy atom. The predicted octanol–water partition coefficient (Wildman–Crippen LogP) is 1.52. The van der Waals surface area contributed by atoms with Gasteiger partial charge in [0.05, 0.1) is 6.61 Å². The number of rotatable bonds is 8. The molecule has 1 aromatic carbocycles. The Labute approximate surface area is 114 Å². The minimum Gasteiger partial charge on any atom is -0.493 e. The summed E-state index contributed by atoms with van der Waals surface area (Å²) in [6.45, 7) is 5.10. The monoisotopic (exact) mass is 268 g/mol. The lowest BCUT2D eigenvalue weighted by atomic mass is 9.80. The molecule has 0 aliphatic carbocycles. The summed E-state index contributed by atoms with van der Waals surface area (Å²) in [7, 11) is -1.44. The van der Waals surface area contributed by atoms with Gasteiger partial charge in [-0.1, -0.05) is 32.4 Å². The molecule has 0 aliphatic heterocycles. The van der Waals surface area contributed by atoms with Crippen LogP contribution in [-0.4, -0.2) is 35.3 Å². The first-order valence-electron chi connectivity index (χ1n) is 6.30. The molecule has 0 saturated carbocycles. The van der Waals surface area contributed by atoms with E-state index in [0.29, 0.717) is 17.8 Å². The van der Waals surface area contributed by atoms with E-state index in [-0.39, 0.29) is 0 Å². The van der Waals surface area contributed by atoms with Crippen molar-refractivity contribution in [2.24, 2.45) is 5.92 Å². The fourth-order valence-corrected chi connectivity index (χ4v) is 2.39. The van der Waals surface area contributed by atoms with Crippen molar-refractivity contribution < 1.29 is 14.8 Å². The van der Waals surface area contributed by atoms with Gasteiger partial charge in [-0.25, -0.2) is 0 Å². The molecule has 0 saturated heterocycles. The highest BCUT2D eigenvalue weighted by molar-refractivity contribution is 7.99. The van der Waals surface area contributed by atoms with Crippen molar-refractivity contribution in [3.63, 3.8) is 0 Å². The SMILES string of the molecule is CCC(C)CSCCOc1cccc(B(O)O)c1. The zero-order chi connectivity index (χ0) is 13.4. The molecule has 5 heteroatoms. The third kappa shape index (κ3) is 5.80. The standard InChI is InChI=1S/C13H21BO3S/c1-3-11(2)10-18-8-7-17-13-6-4-5-12(9-13)14(15)16/h4-6,9,11,15-16H,3,7-8,10H2,1-2H3. The van der Waals surface area contributed by atoms with E-state index >= 15 is 0 Å². The van der Waals surface area contributed by atoms with Crippen LogP contribution in [0.1, 0.15) is 20.3 Å². The second kappa shape index (κ2) is 8.46. The Bertz CT molecular complexity index is 347. The Hall–Kier alpha value is -0.645. The van der Waals surface area contributed by atoms with Crippen molar-refractivity contribution in [1.29, 1.82) is 0 Å². The van der Waals surface area contributed by atoms with Crippen molar-refractivity contribution in [2.75, 3.05) is 18.1 Å². The predicted molar refractivity (Wildman–Crippen MR) is 78.5 cm³/mol. The van der Waals surface area contributed by atoms with Gasteiger partial charge >= 0.3 is 7.12 Å². The van der Waals surface area contributed by atoms with Crippen molar-refractivity contribution in [1.82, 2.24) is 0 Å². The van der Waals surface area contributed by atoms with Crippen LogP contribution in [0, 0.1) is 5.92 Å². The lowest BCUT2D eigenvalue weighted by molar-refractivity contribution is 0.343. The van der Waals surface area contributed by atoms with Gasteiger partial charge in [0.25, 0.3) is 0 Å². The first-order valence-corrected chi connectivity index (χ1v) is 7.45. The van der Waals surface area contributed by atoms with Gasteiger partial charge < -0.3 is 14.8 Å². The minimum absolute atomic E-state index is 0.458. The Morgan fingerprint density at radius 2 is 2.17 bits per heavy atom. The maximum Gasteiger partial charge on any atom is 0.488 e. The summed E-state index contributed by atoms with van der Waals surface area (Å²) in [4.78, 5) is 0. The summed E-state index contributed by atoms with van der Waals surface area (Å²) in [6.07, 6.45) is 1.21. The number of hydrogen-bond donors (Lipinski definition) is 2. The molecule has 0 heterocycles. The van der Waals surface area contributed by atoms with E-state index in [0.717, 1.165) is 17.4 Å². The number of benzene rings is 1. The lowest BCUT2D eigenvalue weighted by Crippen LogP contribution is -2.29. The topological polar surface area (TPSA) is 49.7 Å².